The zero-order chi connectivity index (χ0) is 25.7. The number of hydrogen-bond acceptors (Lipinski definition) is 5. The summed E-state index contributed by atoms with van der Waals surface area (Å²) in [6, 6.07) is 11.8. The number of aliphatic hydroxyl groups excluding tert-OH is 1. The number of H-pyrrole nitrogens is 1. The van der Waals surface area contributed by atoms with Crippen molar-refractivity contribution in [2.45, 2.75) is 39.3 Å². The first kappa shape index (κ1) is 25.0. The highest BCUT2D eigenvalue weighted by atomic mass is 16.5. The second-order valence-corrected chi connectivity index (χ2v) is 8.82. The quantitative estimate of drug-likeness (QED) is 0.194. The molecule has 2 heterocycles. The molecule has 4 rings (SSSR count). The number of aliphatic hydroxyl groups is 1. The summed E-state index contributed by atoms with van der Waals surface area (Å²) >= 11 is 0. The molecule has 0 saturated carbocycles. The van der Waals surface area contributed by atoms with E-state index in [4.69, 9.17) is 9.47 Å². The van der Waals surface area contributed by atoms with Gasteiger partial charge in [-0.25, -0.2) is 4.57 Å². The first-order valence-corrected chi connectivity index (χ1v) is 12.1. The molecule has 2 aromatic carbocycles. The van der Waals surface area contributed by atoms with E-state index in [9.17, 15) is 14.7 Å². The Kier molecular flexibility index (Phi) is 7.73. The van der Waals surface area contributed by atoms with Gasteiger partial charge in [0.2, 0.25) is 6.33 Å². The molecule has 8 heteroatoms. The van der Waals surface area contributed by atoms with Gasteiger partial charge in [0.25, 0.3) is 11.7 Å². The van der Waals surface area contributed by atoms with Crippen LogP contribution in [-0.4, -0.2) is 46.9 Å². The molecule has 1 fully saturated rings. The van der Waals surface area contributed by atoms with E-state index < -0.39 is 17.7 Å². The third-order valence-corrected chi connectivity index (χ3v) is 6.25. The van der Waals surface area contributed by atoms with Gasteiger partial charge in [-0.2, -0.15) is 0 Å². The predicted octanol–water partition coefficient (Wildman–Crippen LogP) is 3.92. The number of rotatable bonds is 10. The SMILES string of the molecule is CCCOc1ccc(C2C(=C(O)c3ccc(C)cc3)C(=O)C(=O)N2CCC[n+]2cc[nH]c2)cc1OC. The Hall–Kier alpha value is -4.07. The summed E-state index contributed by atoms with van der Waals surface area (Å²) in [5.74, 6) is -0.422. The molecular formula is C28H32N3O5+. The molecule has 188 valence electrons. The van der Waals surface area contributed by atoms with Gasteiger partial charge >= 0.3 is 0 Å². The minimum Gasteiger partial charge on any atom is -0.507 e. The molecule has 1 atom stereocenters. The molecule has 1 aliphatic heterocycles. The Morgan fingerprint density at radius 1 is 1.14 bits per heavy atom. The third kappa shape index (κ3) is 5.12. The number of nitrogens with one attached hydrogen (secondary N) is 1. The number of imidazole rings is 1. The average molecular weight is 491 g/mol. The zero-order valence-electron chi connectivity index (χ0n) is 20.9. The van der Waals surface area contributed by atoms with Crippen LogP contribution >= 0.6 is 0 Å². The van der Waals surface area contributed by atoms with Crippen molar-refractivity contribution < 1.29 is 28.7 Å². The van der Waals surface area contributed by atoms with Crippen molar-refractivity contribution >= 4 is 17.4 Å². The first-order chi connectivity index (χ1) is 17.4. The standard InChI is InChI=1S/C28H31N3O5/c1-4-16-36-22-11-10-21(17-23(22)35-3)25-24(26(32)20-8-6-19(2)7-9-20)27(33)28(34)31(25)14-5-13-30-15-12-29-18-30/h6-12,15,17-18,25H,4-5,13-14,16H2,1-3H3,(H,32,33)/p+1. The van der Waals surface area contributed by atoms with E-state index in [1.807, 2.05) is 55.3 Å². The summed E-state index contributed by atoms with van der Waals surface area (Å²) in [7, 11) is 1.55. The number of aromatic amines is 1. The fourth-order valence-electron chi connectivity index (χ4n) is 4.39. The summed E-state index contributed by atoms with van der Waals surface area (Å²) in [5.41, 5.74) is 2.25. The minimum atomic E-state index is -0.753. The summed E-state index contributed by atoms with van der Waals surface area (Å²) in [5, 5.41) is 11.2. The number of ether oxygens (including phenoxy) is 2. The Morgan fingerprint density at radius 2 is 1.92 bits per heavy atom. The van der Waals surface area contributed by atoms with Crippen LogP contribution in [0, 0.1) is 6.92 Å². The van der Waals surface area contributed by atoms with Crippen LogP contribution in [0.1, 0.15) is 42.5 Å². The molecule has 36 heavy (non-hydrogen) atoms. The van der Waals surface area contributed by atoms with Crippen LogP contribution in [0.3, 0.4) is 0 Å². The molecule has 0 aliphatic carbocycles. The topological polar surface area (TPSA) is 95.7 Å². The van der Waals surface area contributed by atoms with Crippen LogP contribution < -0.4 is 14.0 Å². The Balaban J connectivity index is 1.75. The number of benzene rings is 2. The number of nitrogens with zero attached hydrogens (tertiary/aromatic N) is 2. The fourth-order valence-corrected chi connectivity index (χ4v) is 4.39. The molecule has 8 nitrogen and oxygen atoms in total. The molecule has 0 radical (unpaired) electrons. The van der Waals surface area contributed by atoms with Gasteiger partial charge in [0.1, 0.15) is 18.2 Å². The van der Waals surface area contributed by atoms with Crippen molar-refractivity contribution in [3.8, 4) is 11.5 Å². The highest BCUT2D eigenvalue weighted by molar-refractivity contribution is 6.46. The summed E-state index contributed by atoms with van der Waals surface area (Å²) in [6.07, 6.45) is 7.04. The summed E-state index contributed by atoms with van der Waals surface area (Å²) in [6.45, 7) is 5.52. The number of carbonyl (C=O) groups is 2. The van der Waals surface area contributed by atoms with Gasteiger partial charge in [-0.15, -0.1) is 0 Å². The summed E-state index contributed by atoms with van der Waals surface area (Å²) in [4.78, 5) is 31.0. The van der Waals surface area contributed by atoms with Crippen molar-refractivity contribution in [3.63, 3.8) is 0 Å². The number of aromatic nitrogens is 2. The molecule has 1 unspecified atom stereocenters. The third-order valence-electron chi connectivity index (χ3n) is 6.25. The second-order valence-electron chi connectivity index (χ2n) is 8.82. The number of likely N-dealkylation sites (tertiary alicyclic amines) is 1. The Labute approximate surface area is 210 Å². The van der Waals surface area contributed by atoms with E-state index >= 15 is 0 Å². The van der Waals surface area contributed by atoms with E-state index in [0.29, 0.717) is 48.7 Å². The lowest BCUT2D eigenvalue weighted by Gasteiger charge is -2.26. The van der Waals surface area contributed by atoms with Crippen molar-refractivity contribution in [2.75, 3.05) is 20.3 Å². The van der Waals surface area contributed by atoms with Gasteiger partial charge < -0.3 is 19.5 Å². The molecule has 2 N–H and O–H groups in total. The number of ketones is 1. The molecule has 0 spiro atoms. The van der Waals surface area contributed by atoms with Gasteiger partial charge in [0.15, 0.2) is 11.5 Å². The lowest BCUT2D eigenvalue weighted by atomic mass is 9.94. The van der Waals surface area contributed by atoms with E-state index in [-0.39, 0.29) is 11.3 Å². The average Bonchev–Trinajstić information content (AvgIpc) is 3.49. The highest BCUT2D eigenvalue weighted by Crippen LogP contribution is 2.42. The van der Waals surface area contributed by atoms with Crippen LogP contribution in [0.4, 0.5) is 0 Å². The van der Waals surface area contributed by atoms with Crippen LogP contribution in [0.5, 0.6) is 11.5 Å². The lowest BCUT2D eigenvalue weighted by Crippen LogP contribution is -2.36. The number of aryl methyl sites for hydroxylation is 2. The molecular weight excluding hydrogens is 458 g/mol. The normalized spacial score (nSPS) is 17.0. The maximum Gasteiger partial charge on any atom is 0.295 e. The molecule has 1 aromatic heterocycles. The van der Waals surface area contributed by atoms with Crippen molar-refractivity contribution in [1.82, 2.24) is 9.88 Å². The number of methoxy groups -OCH3 is 1. The van der Waals surface area contributed by atoms with E-state index in [2.05, 4.69) is 4.98 Å². The number of carbonyl (C=O) groups excluding carboxylic acids is 2. The first-order valence-electron chi connectivity index (χ1n) is 12.1. The highest BCUT2D eigenvalue weighted by Gasteiger charge is 2.46. The van der Waals surface area contributed by atoms with Crippen molar-refractivity contribution in [3.05, 3.63) is 83.4 Å². The predicted molar refractivity (Wildman–Crippen MR) is 135 cm³/mol. The maximum absolute atomic E-state index is 13.3. The van der Waals surface area contributed by atoms with Gasteiger partial charge in [-0.05, 0) is 31.0 Å². The maximum atomic E-state index is 13.3. The molecule has 1 saturated heterocycles. The number of Topliss-reactive ketones (excluding diaryl/α,β-unsaturated/α-hetero) is 1. The van der Waals surface area contributed by atoms with E-state index in [0.717, 1.165) is 12.0 Å². The largest absolute Gasteiger partial charge is 0.507 e. The summed E-state index contributed by atoms with van der Waals surface area (Å²) < 4.78 is 13.3. The Morgan fingerprint density at radius 3 is 2.58 bits per heavy atom. The van der Waals surface area contributed by atoms with Gasteiger partial charge in [0, 0.05) is 18.5 Å². The number of amides is 1. The molecule has 0 bridgehead atoms. The lowest BCUT2D eigenvalue weighted by molar-refractivity contribution is -0.695. The minimum absolute atomic E-state index is 0.0717. The zero-order valence-corrected chi connectivity index (χ0v) is 20.9. The molecule has 1 amide bonds. The van der Waals surface area contributed by atoms with Crippen LogP contribution in [-0.2, 0) is 16.1 Å². The van der Waals surface area contributed by atoms with Crippen molar-refractivity contribution in [2.24, 2.45) is 0 Å². The smallest absolute Gasteiger partial charge is 0.295 e. The van der Waals surface area contributed by atoms with E-state index in [1.165, 1.54) is 4.90 Å². The van der Waals surface area contributed by atoms with E-state index in [1.54, 1.807) is 31.4 Å². The van der Waals surface area contributed by atoms with Crippen LogP contribution in [0.15, 0.2) is 66.8 Å². The van der Waals surface area contributed by atoms with Gasteiger partial charge in [-0.1, -0.05) is 42.8 Å². The second kappa shape index (κ2) is 11.1. The van der Waals surface area contributed by atoms with Crippen LogP contribution in [0.2, 0.25) is 0 Å². The molecule has 1 aliphatic rings. The number of hydrogen-bond donors (Lipinski definition) is 2. The Bertz CT molecular complexity index is 1250. The van der Waals surface area contributed by atoms with Gasteiger partial charge in [0.05, 0.1) is 31.9 Å². The molecule has 3 aromatic rings. The fraction of sp³-hybridized carbons (Fsp3) is 0.321. The van der Waals surface area contributed by atoms with Crippen LogP contribution in [0.25, 0.3) is 5.76 Å². The van der Waals surface area contributed by atoms with Gasteiger partial charge in [-0.3, -0.25) is 14.6 Å². The monoisotopic (exact) mass is 490 g/mol. The van der Waals surface area contributed by atoms with Crippen molar-refractivity contribution in [1.29, 1.82) is 0 Å².